The van der Waals surface area contributed by atoms with Gasteiger partial charge in [-0.2, -0.15) is 26.3 Å². The van der Waals surface area contributed by atoms with Gasteiger partial charge in [-0.3, -0.25) is 14.7 Å². The molecule has 0 aliphatic carbocycles. The molecule has 8 nitrogen and oxygen atoms in total. The molecule has 4 aromatic rings. The minimum Gasteiger partial charge on any atom is -0.348 e. The van der Waals surface area contributed by atoms with Gasteiger partial charge in [-0.25, -0.2) is 15.0 Å². The molecule has 1 aromatic carbocycles. The van der Waals surface area contributed by atoms with Crippen LogP contribution in [0.15, 0.2) is 54.7 Å². The number of amides is 1. The highest BCUT2D eigenvalue weighted by molar-refractivity contribution is 5.96. The second-order valence-corrected chi connectivity index (χ2v) is 9.70. The summed E-state index contributed by atoms with van der Waals surface area (Å²) in [5, 5.41) is 5.93. The summed E-state index contributed by atoms with van der Waals surface area (Å²) in [4.78, 5) is 32.1. The Kier molecular flexibility index (Phi) is 7.99. The molecule has 0 saturated carbocycles. The summed E-state index contributed by atoms with van der Waals surface area (Å²) in [7, 11) is 0. The maximum absolute atomic E-state index is 13.7. The van der Waals surface area contributed by atoms with E-state index < -0.39 is 35.1 Å². The summed E-state index contributed by atoms with van der Waals surface area (Å²) in [6.07, 6.45) is -6.11. The number of carbonyl (C=O) groups excluding carboxylic acids is 1. The monoisotopic (exact) mass is 589 g/mol. The van der Waals surface area contributed by atoms with E-state index in [0.717, 1.165) is 50.2 Å². The van der Waals surface area contributed by atoms with Crippen molar-refractivity contribution in [2.24, 2.45) is 0 Å². The van der Waals surface area contributed by atoms with E-state index >= 15 is 0 Å². The maximum Gasteiger partial charge on any atom is 0.418 e. The summed E-state index contributed by atoms with van der Waals surface area (Å²) in [5.74, 6) is -0.895. The third-order valence-corrected chi connectivity index (χ3v) is 7.00. The third kappa shape index (κ3) is 6.27. The van der Waals surface area contributed by atoms with Crippen LogP contribution in [0.2, 0.25) is 0 Å². The number of hydrogen-bond donors (Lipinski definition) is 2. The van der Waals surface area contributed by atoms with Gasteiger partial charge in [0.25, 0.3) is 5.91 Å². The number of nitrogens with one attached hydrogen (secondary N) is 2. The molecule has 4 heterocycles. The van der Waals surface area contributed by atoms with Crippen LogP contribution in [0.25, 0.3) is 22.4 Å². The van der Waals surface area contributed by atoms with E-state index in [9.17, 15) is 31.1 Å². The van der Waals surface area contributed by atoms with Crippen LogP contribution in [0.5, 0.6) is 0 Å². The molecule has 5 rings (SSSR count). The van der Waals surface area contributed by atoms with E-state index in [1.165, 1.54) is 30.5 Å². The van der Waals surface area contributed by atoms with Crippen molar-refractivity contribution in [1.82, 2.24) is 30.2 Å². The first-order valence-electron chi connectivity index (χ1n) is 13.1. The fourth-order valence-corrected chi connectivity index (χ4v) is 4.89. The van der Waals surface area contributed by atoms with Crippen LogP contribution in [0, 0.1) is 0 Å². The second kappa shape index (κ2) is 11.5. The first-order chi connectivity index (χ1) is 19.9. The van der Waals surface area contributed by atoms with Crippen molar-refractivity contribution in [1.29, 1.82) is 0 Å². The van der Waals surface area contributed by atoms with Crippen molar-refractivity contribution in [3.63, 3.8) is 0 Å². The van der Waals surface area contributed by atoms with Gasteiger partial charge in [0, 0.05) is 24.5 Å². The molecule has 1 atom stereocenters. The number of anilines is 2. The molecule has 2 N–H and O–H groups in total. The molecule has 1 aliphatic heterocycles. The van der Waals surface area contributed by atoms with Gasteiger partial charge in [-0.05, 0) is 74.5 Å². The van der Waals surface area contributed by atoms with E-state index in [2.05, 4.69) is 35.5 Å². The summed E-state index contributed by atoms with van der Waals surface area (Å²) < 4.78 is 80.1. The zero-order chi connectivity index (χ0) is 30.1. The van der Waals surface area contributed by atoms with Gasteiger partial charge in [0.2, 0.25) is 5.82 Å². The SMILES string of the molecule is CCN1CCCC1CNC(=O)c1nc(Nc2ccc(C(F)(F)F)cc2)c2ccc(-c3ncccc3C(F)(F)F)nc2n1. The zero-order valence-corrected chi connectivity index (χ0v) is 22.2. The molecule has 0 bridgehead atoms. The smallest absolute Gasteiger partial charge is 0.348 e. The first kappa shape index (κ1) is 29.2. The highest BCUT2D eigenvalue weighted by Gasteiger charge is 2.35. The van der Waals surface area contributed by atoms with Crippen molar-refractivity contribution < 1.29 is 31.1 Å². The Balaban J connectivity index is 1.54. The van der Waals surface area contributed by atoms with Crippen LogP contribution in [0.3, 0.4) is 0 Å². The van der Waals surface area contributed by atoms with Gasteiger partial charge in [0.05, 0.1) is 22.2 Å². The Labute approximate surface area is 236 Å². The standard InChI is InChI=1S/C28H25F6N7O/c1-2-41-14-4-5-18(41)15-36-26(42)25-39-23(37-17-9-7-16(8-10-17)27(29,30)31)19-11-12-21(38-24(19)40-25)22-20(28(32,33)34)6-3-13-35-22/h3,6-13,18H,2,4-5,14-15H2,1H3,(H,36,42)(H,37,38,39,40). The highest BCUT2D eigenvalue weighted by atomic mass is 19.4. The maximum atomic E-state index is 13.7. The number of pyridine rings is 2. The van der Waals surface area contributed by atoms with E-state index in [0.29, 0.717) is 6.54 Å². The number of benzene rings is 1. The lowest BCUT2D eigenvalue weighted by Crippen LogP contribution is -2.40. The molecule has 1 aliphatic rings. The molecular formula is C28H25F6N7O. The number of fused-ring (bicyclic) bond motifs is 1. The Hall–Kier alpha value is -4.33. The quantitative estimate of drug-likeness (QED) is 0.252. The average Bonchev–Trinajstić information content (AvgIpc) is 3.42. The predicted octanol–water partition coefficient (Wildman–Crippen LogP) is 6.08. The molecule has 3 aromatic heterocycles. The van der Waals surface area contributed by atoms with Crippen LogP contribution in [-0.4, -0.2) is 56.4 Å². The lowest BCUT2D eigenvalue weighted by Gasteiger charge is -2.22. The predicted molar refractivity (Wildman–Crippen MR) is 143 cm³/mol. The van der Waals surface area contributed by atoms with Gasteiger partial charge in [0.15, 0.2) is 5.65 Å². The first-order valence-corrected chi connectivity index (χ1v) is 13.1. The summed E-state index contributed by atoms with van der Waals surface area (Å²) in [5.41, 5.74) is -2.27. The van der Waals surface area contributed by atoms with Crippen LogP contribution in [0.1, 0.15) is 41.5 Å². The Morgan fingerprint density at radius 1 is 0.976 bits per heavy atom. The van der Waals surface area contributed by atoms with Crippen molar-refractivity contribution >= 4 is 28.4 Å². The Morgan fingerprint density at radius 2 is 1.74 bits per heavy atom. The van der Waals surface area contributed by atoms with Crippen molar-refractivity contribution in [2.75, 3.05) is 25.0 Å². The third-order valence-electron chi connectivity index (χ3n) is 7.00. The molecular weight excluding hydrogens is 564 g/mol. The van der Waals surface area contributed by atoms with Gasteiger partial charge < -0.3 is 10.6 Å². The average molecular weight is 590 g/mol. The molecule has 14 heteroatoms. The van der Waals surface area contributed by atoms with Gasteiger partial charge >= 0.3 is 12.4 Å². The summed E-state index contributed by atoms with van der Waals surface area (Å²) in [6.45, 7) is 4.12. The van der Waals surface area contributed by atoms with Crippen molar-refractivity contribution in [3.05, 3.63) is 71.7 Å². The molecule has 1 amide bonds. The summed E-state index contributed by atoms with van der Waals surface area (Å²) >= 11 is 0. The van der Waals surface area contributed by atoms with Crippen LogP contribution in [0.4, 0.5) is 37.8 Å². The molecule has 1 unspecified atom stereocenters. The van der Waals surface area contributed by atoms with Gasteiger partial charge in [0.1, 0.15) is 11.5 Å². The van der Waals surface area contributed by atoms with Crippen molar-refractivity contribution in [3.8, 4) is 11.4 Å². The lowest BCUT2D eigenvalue weighted by atomic mass is 10.1. The fraction of sp³-hybridized carbons (Fsp3) is 0.321. The number of aromatic nitrogens is 4. The normalized spacial score (nSPS) is 16.1. The molecule has 1 saturated heterocycles. The van der Waals surface area contributed by atoms with Crippen LogP contribution in [-0.2, 0) is 12.4 Å². The Bertz CT molecular complexity index is 1590. The number of alkyl halides is 6. The number of nitrogens with zero attached hydrogens (tertiary/aromatic N) is 5. The molecule has 0 radical (unpaired) electrons. The number of carbonyl (C=O) groups is 1. The fourth-order valence-electron chi connectivity index (χ4n) is 4.89. The number of hydrogen-bond acceptors (Lipinski definition) is 7. The number of likely N-dealkylation sites (tertiary alicyclic amines) is 1. The number of likely N-dealkylation sites (N-methyl/N-ethyl adjacent to an activating group) is 1. The summed E-state index contributed by atoms with van der Waals surface area (Å²) in [6, 6.07) is 9.06. The zero-order valence-electron chi connectivity index (χ0n) is 22.2. The van der Waals surface area contributed by atoms with E-state index in [4.69, 9.17) is 0 Å². The second-order valence-electron chi connectivity index (χ2n) is 9.70. The van der Waals surface area contributed by atoms with Crippen molar-refractivity contribution in [2.45, 2.75) is 38.2 Å². The van der Waals surface area contributed by atoms with E-state index in [1.807, 2.05) is 6.92 Å². The van der Waals surface area contributed by atoms with Gasteiger partial charge in [-0.1, -0.05) is 6.92 Å². The minimum atomic E-state index is -4.70. The van der Waals surface area contributed by atoms with E-state index in [1.54, 1.807) is 0 Å². The highest BCUT2D eigenvalue weighted by Crippen LogP contribution is 2.36. The molecule has 220 valence electrons. The number of rotatable bonds is 7. The van der Waals surface area contributed by atoms with Crippen LogP contribution >= 0.6 is 0 Å². The lowest BCUT2D eigenvalue weighted by molar-refractivity contribution is -0.138. The molecule has 0 spiro atoms. The molecule has 1 fully saturated rings. The Morgan fingerprint density at radius 3 is 2.43 bits per heavy atom. The minimum absolute atomic E-state index is 0.0390. The molecule has 42 heavy (non-hydrogen) atoms. The van der Waals surface area contributed by atoms with E-state index in [-0.39, 0.29) is 40.1 Å². The largest absolute Gasteiger partial charge is 0.418 e. The van der Waals surface area contributed by atoms with Gasteiger partial charge in [-0.15, -0.1) is 0 Å². The number of halogens is 6. The topological polar surface area (TPSA) is 95.9 Å². The van der Waals surface area contributed by atoms with Crippen LogP contribution < -0.4 is 10.6 Å².